The predicted molar refractivity (Wildman–Crippen MR) is 71.0 cm³/mol. The van der Waals surface area contributed by atoms with Crippen LogP contribution >= 0.6 is 27.3 Å². The molecule has 2 aromatic rings. The molecular weight excluding hydrogens is 302 g/mol. The van der Waals surface area contributed by atoms with Crippen molar-refractivity contribution in [3.8, 4) is 0 Å². The molecule has 0 saturated heterocycles. The number of carbonyl (C=O) groups excluding carboxylic acids is 1. The molecule has 0 bridgehead atoms. The van der Waals surface area contributed by atoms with Gasteiger partial charge >= 0.3 is 0 Å². The quantitative estimate of drug-likeness (QED) is 0.873. The van der Waals surface area contributed by atoms with E-state index in [1.54, 1.807) is 22.8 Å². The molecule has 0 aromatic carbocycles. The average Bonchev–Trinajstić information content (AvgIpc) is 2.87. The van der Waals surface area contributed by atoms with Crippen molar-refractivity contribution in [2.75, 3.05) is 7.05 Å². The standard InChI is InChI=1S/C11H12BrN3OS/c1-14(6-8-5-13-15(2)7-8)11(16)9-3-4-10(12)17-9/h3-5,7H,6H2,1-2H3. The van der Waals surface area contributed by atoms with Crippen LogP contribution in [0.25, 0.3) is 0 Å². The Bertz CT molecular complexity index is 534. The van der Waals surface area contributed by atoms with Crippen molar-refractivity contribution in [2.24, 2.45) is 7.05 Å². The minimum Gasteiger partial charge on any atom is -0.337 e. The highest BCUT2D eigenvalue weighted by molar-refractivity contribution is 9.11. The summed E-state index contributed by atoms with van der Waals surface area (Å²) in [6.07, 6.45) is 3.68. The molecule has 90 valence electrons. The van der Waals surface area contributed by atoms with E-state index < -0.39 is 0 Å². The third kappa shape index (κ3) is 2.95. The Morgan fingerprint density at radius 2 is 2.35 bits per heavy atom. The molecule has 2 rings (SSSR count). The minimum atomic E-state index is 0.0320. The fourth-order valence-corrected chi connectivity index (χ4v) is 2.90. The molecule has 0 N–H and O–H groups in total. The van der Waals surface area contributed by atoms with Crippen LogP contribution in [-0.4, -0.2) is 27.6 Å². The van der Waals surface area contributed by atoms with E-state index in [1.807, 2.05) is 25.4 Å². The third-order valence-corrected chi connectivity index (χ3v) is 3.92. The molecule has 0 radical (unpaired) electrons. The molecule has 0 aliphatic carbocycles. The van der Waals surface area contributed by atoms with Crippen LogP contribution in [-0.2, 0) is 13.6 Å². The van der Waals surface area contributed by atoms with Crippen LogP contribution < -0.4 is 0 Å². The summed E-state index contributed by atoms with van der Waals surface area (Å²) < 4.78 is 2.70. The molecular formula is C11H12BrN3OS. The minimum absolute atomic E-state index is 0.0320. The maximum Gasteiger partial charge on any atom is 0.264 e. The summed E-state index contributed by atoms with van der Waals surface area (Å²) in [4.78, 5) is 14.5. The van der Waals surface area contributed by atoms with E-state index in [-0.39, 0.29) is 5.91 Å². The van der Waals surface area contributed by atoms with Crippen molar-refractivity contribution in [3.63, 3.8) is 0 Å². The van der Waals surface area contributed by atoms with Crippen molar-refractivity contribution in [3.05, 3.63) is 38.8 Å². The summed E-state index contributed by atoms with van der Waals surface area (Å²) in [6, 6.07) is 3.71. The highest BCUT2D eigenvalue weighted by Crippen LogP contribution is 2.23. The fraction of sp³-hybridized carbons (Fsp3) is 0.273. The van der Waals surface area contributed by atoms with Crippen LogP contribution in [0.15, 0.2) is 28.3 Å². The van der Waals surface area contributed by atoms with E-state index in [1.165, 1.54) is 11.3 Å². The van der Waals surface area contributed by atoms with E-state index in [2.05, 4.69) is 21.0 Å². The third-order valence-electron chi connectivity index (χ3n) is 2.31. The van der Waals surface area contributed by atoms with Gasteiger partial charge in [0.25, 0.3) is 5.91 Å². The van der Waals surface area contributed by atoms with Crippen LogP contribution in [0.1, 0.15) is 15.2 Å². The lowest BCUT2D eigenvalue weighted by atomic mass is 10.3. The van der Waals surface area contributed by atoms with Gasteiger partial charge in [0.1, 0.15) is 0 Å². The van der Waals surface area contributed by atoms with Crippen LogP contribution in [0.3, 0.4) is 0 Å². The number of aromatic nitrogens is 2. The van der Waals surface area contributed by atoms with Crippen LogP contribution in [0.4, 0.5) is 0 Å². The molecule has 0 saturated carbocycles. The first-order valence-corrected chi connectivity index (χ1v) is 6.65. The van der Waals surface area contributed by atoms with Crippen molar-refractivity contribution in [1.82, 2.24) is 14.7 Å². The lowest BCUT2D eigenvalue weighted by molar-refractivity contribution is 0.0790. The molecule has 0 atom stereocenters. The maximum absolute atomic E-state index is 12.1. The normalized spacial score (nSPS) is 10.5. The maximum atomic E-state index is 12.1. The number of nitrogens with zero attached hydrogens (tertiary/aromatic N) is 3. The SMILES string of the molecule is CN(Cc1cnn(C)c1)C(=O)c1ccc(Br)s1. The number of halogens is 1. The van der Waals surface area contributed by atoms with E-state index >= 15 is 0 Å². The Balaban J connectivity index is 2.05. The zero-order valence-corrected chi connectivity index (χ0v) is 12.0. The highest BCUT2D eigenvalue weighted by atomic mass is 79.9. The molecule has 4 nitrogen and oxygen atoms in total. The molecule has 0 aliphatic heterocycles. The number of hydrogen-bond donors (Lipinski definition) is 0. The summed E-state index contributed by atoms with van der Waals surface area (Å²) in [7, 11) is 3.66. The number of amides is 1. The molecule has 0 spiro atoms. The summed E-state index contributed by atoms with van der Waals surface area (Å²) in [5, 5.41) is 4.08. The van der Waals surface area contributed by atoms with Gasteiger partial charge < -0.3 is 4.90 Å². The molecule has 2 aromatic heterocycles. The van der Waals surface area contributed by atoms with Gasteiger partial charge in [-0.1, -0.05) is 0 Å². The summed E-state index contributed by atoms with van der Waals surface area (Å²) in [5.41, 5.74) is 1.03. The predicted octanol–water partition coefficient (Wildman–Crippen LogP) is 2.52. The molecule has 0 unspecified atom stereocenters. The van der Waals surface area contributed by atoms with Crippen LogP contribution in [0, 0.1) is 0 Å². The van der Waals surface area contributed by atoms with Gasteiger partial charge in [-0.2, -0.15) is 5.10 Å². The number of hydrogen-bond acceptors (Lipinski definition) is 3. The number of aryl methyl sites for hydroxylation is 1. The fourth-order valence-electron chi connectivity index (χ4n) is 1.52. The Labute approximate surface area is 112 Å². The van der Waals surface area contributed by atoms with Crippen molar-refractivity contribution in [1.29, 1.82) is 0 Å². The van der Waals surface area contributed by atoms with Crippen LogP contribution in [0.2, 0.25) is 0 Å². The molecule has 6 heteroatoms. The Kier molecular flexibility index (Phi) is 3.63. The molecule has 17 heavy (non-hydrogen) atoms. The number of rotatable bonds is 3. The van der Waals surface area contributed by atoms with Gasteiger partial charge in [-0.25, -0.2) is 0 Å². The first kappa shape index (κ1) is 12.3. The Hall–Kier alpha value is -1.14. The van der Waals surface area contributed by atoms with Crippen molar-refractivity contribution < 1.29 is 4.79 Å². The lowest BCUT2D eigenvalue weighted by Gasteiger charge is -2.14. The van der Waals surface area contributed by atoms with Gasteiger partial charge in [0, 0.05) is 32.4 Å². The van der Waals surface area contributed by atoms with E-state index in [0.29, 0.717) is 6.54 Å². The van der Waals surface area contributed by atoms with Gasteiger partial charge in [0.05, 0.1) is 14.9 Å². The van der Waals surface area contributed by atoms with E-state index in [4.69, 9.17) is 0 Å². The average molecular weight is 314 g/mol. The largest absolute Gasteiger partial charge is 0.337 e. The summed E-state index contributed by atoms with van der Waals surface area (Å²) >= 11 is 4.80. The number of carbonyl (C=O) groups is 1. The molecule has 1 amide bonds. The van der Waals surface area contributed by atoms with Gasteiger partial charge in [0.2, 0.25) is 0 Å². The van der Waals surface area contributed by atoms with E-state index in [9.17, 15) is 4.79 Å². The smallest absolute Gasteiger partial charge is 0.264 e. The van der Waals surface area contributed by atoms with Gasteiger partial charge in [-0.3, -0.25) is 9.48 Å². The number of thiophene rings is 1. The molecule has 2 heterocycles. The highest BCUT2D eigenvalue weighted by Gasteiger charge is 2.14. The first-order valence-electron chi connectivity index (χ1n) is 5.04. The molecule has 0 fully saturated rings. The second-order valence-corrected chi connectivity index (χ2v) is 6.25. The monoisotopic (exact) mass is 313 g/mol. The second kappa shape index (κ2) is 5.01. The first-order chi connectivity index (χ1) is 8.06. The second-order valence-electron chi connectivity index (χ2n) is 3.79. The summed E-state index contributed by atoms with van der Waals surface area (Å²) in [6.45, 7) is 0.572. The zero-order valence-electron chi connectivity index (χ0n) is 9.55. The summed E-state index contributed by atoms with van der Waals surface area (Å²) in [5.74, 6) is 0.0320. The topological polar surface area (TPSA) is 38.1 Å². The lowest BCUT2D eigenvalue weighted by Crippen LogP contribution is -2.25. The van der Waals surface area contributed by atoms with Crippen molar-refractivity contribution in [2.45, 2.75) is 6.54 Å². The van der Waals surface area contributed by atoms with Gasteiger partial charge in [-0.05, 0) is 28.1 Å². The molecule has 0 aliphatic rings. The van der Waals surface area contributed by atoms with Gasteiger partial charge in [0.15, 0.2) is 0 Å². The Morgan fingerprint density at radius 3 is 2.88 bits per heavy atom. The van der Waals surface area contributed by atoms with Crippen molar-refractivity contribution >= 4 is 33.2 Å². The van der Waals surface area contributed by atoms with E-state index in [0.717, 1.165) is 14.2 Å². The van der Waals surface area contributed by atoms with Gasteiger partial charge in [-0.15, -0.1) is 11.3 Å². The Morgan fingerprint density at radius 1 is 1.59 bits per heavy atom. The zero-order chi connectivity index (χ0) is 12.4. The van der Waals surface area contributed by atoms with Crippen LogP contribution in [0.5, 0.6) is 0 Å².